The zero-order valence-electron chi connectivity index (χ0n) is 17.1. The van der Waals surface area contributed by atoms with Crippen LogP contribution < -0.4 is 10.2 Å². The van der Waals surface area contributed by atoms with Crippen molar-refractivity contribution in [2.45, 2.75) is 43.2 Å². The third-order valence-corrected chi connectivity index (χ3v) is 6.73. The maximum Gasteiger partial charge on any atom is 0.322 e. The van der Waals surface area contributed by atoms with E-state index in [-0.39, 0.29) is 23.5 Å². The number of benzene rings is 1. The molecule has 1 aliphatic heterocycles. The average Bonchev–Trinajstić information content (AvgIpc) is 3.05. The fourth-order valence-corrected chi connectivity index (χ4v) is 4.96. The van der Waals surface area contributed by atoms with E-state index in [1.807, 2.05) is 6.07 Å². The van der Waals surface area contributed by atoms with Gasteiger partial charge in [0.2, 0.25) is 0 Å². The molecule has 1 saturated heterocycles. The number of hydrogen-bond acceptors (Lipinski definition) is 4. The van der Waals surface area contributed by atoms with Crippen molar-refractivity contribution in [1.82, 2.24) is 15.2 Å². The highest BCUT2D eigenvalue weighted by molar-refractivity contribution is 5.96. The number of hydrogen-bond donors (Lipinski definition) is 1. The monoisotopic (exact) mass is 389 g/mol. The summed E-state index contributed by atoms with van der Waals surface area (Å²) in [4.78, 5) is 21.1. The molecule has 2 fully saturated rings. The SMILES string of the molecule is CN(C)[C@]1(c2ccccc2)CC[C@@]2(CC1)CN(c1cnccc1CC#N)C(=O)N2. The molecular formula is C23H27N5O. The third kappa shape index (κ3) is 3.36. The van der Waals surface area contributed by atoms with Gasteiger partial charge in [-0.05, 0) is 57.0 Å². The summed E-state index contributed by atoms with van der Waals surface area (Å²) in [6.07, 6.45) is 7.43. The number of amides is 2. The van der Waals surface area contributed by atoms with E-state index in [1.165, 1.54) is 5.56 Å². The molecule has 1 N–H and O–H groups in total. The first-order chi connectivity index (χ1) is 14.0. The summed E-state index contributed by atoms with van der Waals surface area (Å²) in [7, 11) is 4.29. The minimum Gasteiger partial charge on any atom is -0.330 e. The Morgan fingerprint density at radius 3 is 2.55 bits per heavy atom. The fraction of sp³-hybridized carbons (Fsp3) is 0.435. The molecule has 2 aromatic rings. The lowest BCUT2D eigenvalue weighted by Gasteiger charge is -2.48. The van der Waals surface area contributed by atoms with Gasteiger partial charge in [0.05, 0.1) is 36.5 Å². The Balaban J connectivity index is 1.57. The van der Waals surface area contributed by atoms with Crippen molar-refractivity contribution >= 4 is 11.7 Å². The van der Waals surface area contributed by atoms with Crippen molar-refractivity contribution in [1.29, 1.82) is 5.26 Å². The number of nitrogens with zero attached hydrogens (tertiary/aromatic N) is 4. The first kappa shape index (κ1) is 19.4. The van der Waals surface area contributed by atoms with Gasteiger partial charge in [-0.2, -0.15) is 5.26 Å². The van der Waals surface area contributed by atoms with E-state index in [0.29, 0.717) is 6.54 Å². The molecule has 1 saturated carbocycles. The Bertz CT molecular complexity index is 926. The zero-order valence-corrected chi connectivity index (χ0v) is 17.1. The summed E-state index contributed by atoms with van der Waals surface area (Å²) in [5, 5.41) is 12.4. The van der Waals surface area contributed by atoms with Gasteiger partial charge in [-0.3, -0.25) is 14.8 Å². The molecule has 1 aliphatic carbocycles. The molecule has 29 heavy (non-hydrogen) atoms. The van der Waals surface area contributed by atoms with Crippen molar-refractivity contribution < 1.29 is 4.79 Å². The maximum atomic E-state index is 12.9. The molecule has 150 valence electrons. The van der Waals surface area contributed by atoms with E-state index in [2.05, 4.69) is 65.7 Å². The van der Waals surface area contributed by atoms with Gasteiger partial charge in [-0.15, -0.1) is 0 Å². The topological polar surface area (TPSA) is 72.3 Å². The number of aromatic nitrogens is 1. The second-order valence-corrected chi connectivity index (χ2v) is 8.43. The molecule has 0 radical (unpaired) electrons. The van der Waals surface area contributed by atoms with Gasteiger partial charge in [0.1, 0.15) is 0 Å². The van der Waals surface area contributed by atoms with Crippen LogP contribution in [0, 0.1) is 11.3 Å². The maximum absolute atomic E-state index is 12.9. The van der Waals surface area contributed by atoms with Gasteiger partial charge in [-0.25, -0.2) is 4.79 Å². The Labute approximate surface area is 172 Å². The summed E-state index contributed by atoms with van der Waals surface area (Å²) in [5.74, 6) is 0. The standard InChI is InChI=1S/C23H27N5O/c1-27(2)23(19-6-4-3-5-7-19)12-10-22(11-13-23)17-28(21(29)26-22)20-16-25-15-9-18(20)8-14-24/h3-7,9,15-16H,8,10-13,17H2,1-2H3,(H,26,29)/t22-,23-. The van der Waals surface area contributed by atoms with Crippen LogP contribution in [0.1, 0.15) is 36.8 Å². The number of urea groups is 1. The molecule has 0 atom stereocenters. The summed E-state index contributed by atoms with van der Waals surface area (Å²) < 4.78 is 0. The van der Waals surface area contributed by atoms with Crippen molar-refractivity contribution in [3.05, 3.63) is 59.9 Å². The highest BCUT2D eigenvalue weighted by Gasteiger charge is 2.50. The summed E-state index contributed by atoms with van der Waals surface area (Å²) in [6.45, 7) is 0.619. The predicted octanol–water partition coefficient (Wildman–Crippen LogP) is 3.45. The van der Waals surface area contributed by atoms with Crippen molar-refractivity contribution in [3.8, 4) is 6.07 Å². The van der Waals surface area contributed by atoms with E-state index in [9.17, 15) is 4.79 Å². The summed E-state index contributed by atoms with van der Waals surface area (Å²) in [5.41, 5.74) is 2.69. The van der Waals surface area contributed by atoms with E-state index in [1.54, 1.807) is 17.3 Å². The summed E-state index contributed by atoms with van der Waals surface area (Å²) >= 11 is 0. The van der Waals surface area contributed by atoms with E-state index in [0.717, 1.165) is 36.9 Å². The lowest BCUT2D eigenvalue weighted by Crippen LogP contribution is -2.54. The van der Waals surface area contributed by atoms with Crippen LogP contribution in [-0.2, 0) is 12.0 Å². The van der Waals surface area contributed by atoms with Crippen molar-refractivity contribution in [3.63, 3.8) is 0 Å². The number of pyridine rings is 1. The highest BCUT2D eigenvalue weighted by atomic mass is 16.2. The van der Waals surface area contributed by atoms with Gasteiger partial charge in [0.25, 0.3) is 0 Å². The third-order valence-electron chi connectivity index (χ3n) is 6.73. The minimum absolute atomic E-state index is 0.00900. The second kappa shape index (κ2) is 7.49. The molecule has 0 unspecified atom stereocenters. The quantitative estimate of drug-likeness (QED) is 0.869. The first-order valence-corrected chi connectivity index (χ1v) is 10.1. The molecule has 6 nitrogen and oxygen atoms in total. The van der Waals surface area contributed by atoms with Crippen LogP contribution in [-0.4, -0.2) is 42.1 Å². The number of nitriles is 1. The number of anilines is 1. The molecule has 2 amide bonds. The smallest absolute Gasteiger partial charge is 0.322 e. The fourth-order valence-electron chi connectivity index (χ4n) is 4.96. The normalized spacial score (nSPS) is 26.6. The van der Waals surface area contributed by atoms with E-state index < -0.39 is 0 Å². The molecule has 1 aromatic carbocycles. The van der Waals surface area contributed by atoms with Crippen LogP contribution in [0.3, 0.4) is 0 Å². The molecule has 1 spiro atoms. The van der Waals surface area contributed by atoms with Gasteiger partial charge in [-0.1, -0.05) is 30.3 Å². The van der Waals surface area contributed by atoms with Gasteiger partial charge in [0, 0.05) is 11.7 Å². The van der Waals surface area contributed by atoms with Crippen LogP contribution in [0.2, 0.25) is 0 Å². The van der Waals surface area contributed by atoms with Crippen molar-refractivity contribution in [2.75, 3.05) is 25.5 Å². The van der Waals surface area contributed by atoms with Crippen molar-refractivity contribution in [2.24, 2.45) is 0 Å². The van der Waals surface area contributed by atoms with Crippen LogP contribution in [0.4, 0.5) is 10.5 Å². The average molecular weight is 390 g/mol. The second-order valence-electron chi connectivity index (χ2n) is 8.43. The molecule has 2 aliphatic rings. The number of rotatable bonds is 4. The lowest BCUT2D eigenvalue weighted by atomic mass is 9.69. The predicted molar refractivity (Wildman–Crippen MR) is 112 cm³/mol. The van der Waals surface area contributed by atoms with Crippen LogP contribution in [0.5, 0.6) is 0 Å². The summed E-state index contributed by atoms with van der Waals surface area (Å²) in [6, 6.07) is 14.6. The van der Waals surface area contributed by atoms with Crippen LogP contribution in [0.25, 0.3) is 0 Å². The van der Waals surface area contributed by atoms with Gasteiger partial charge in [0.15, 0.2) is 0 Å². The van der Waals surface area contributed by atoms with Crippen LogP contribution >= 0.6 is 0 Å². The minimum atomic E-state index is -0.231. The molecule has 2 heterocycles. The largest absolute Gasteiger partial charge is 0.330 e. The Kier molecular flexibility index (Phi) is 5.01. The van der Waals surface area contributed by atoms with E-state index >= 15 is 0 Å². The van der Waals surface area contributed by atoms with Gasteiger partial charge < -0.3 is 5.32 Å². The Hall–Kier alpha value is -2.91. The Morgan fingerprint density at radius 1 is 1.17 bits per heavy atom. The first-order valence-electron chi connectivity index (χ1n) is 10.1. The number of nitrogens with one attached hydrogen (secondary N) is 1. The molecule has 4 rings (SSSR count). The van der Waals surface area contributed by atoms with E-state index in [4.69, 9.17) is 5.26 Å². The molecule has 6 heteroatoms. The number of carbonyl (C=O) groups excluding carboxylic acids is 1. The lowest BCUT2D eigenvalue weighted by molar-refractivity contribution is 0.0658. The Morgan fingerprint density at radius 2 is 1.90 bits per heavy atom. The molecule has 0 bridgehead atoms. The number of carbonyl (C=O) groups is 1. The van der Waals surface area contributed by atoms with Crippen LogP contribution in [0.15, 0.2) is 48.8 Å². The highest BCUT2D eigenvalue weighted by Crippen LogP contribution is 2.46. The molecular weight excluding hydrogens is 362 g/mol. The molecule has 1 aromatic heterocycles. The van der Waals surface area contributed by atoms with Gasteiger partial charge >= 0.3 is 6.03 Å². The zero-order chi connectivity index (χ0) is 20.5.